The van der Waals surface area contributed by atoms with E-state index in [1.165, 1.54) is 6.42 Å². The molecule has 0 amide bonds. The fourth-order valence-corrected chi connectivity index (χ4v) is 1.54. The molecule has 0 spiro atoms. The van der Waals surface area contributed by atoms with Crippen molar-refractivity contribution >= 4 is 0 Å². The Balaban J connectivity index is 1.99. The zero-order valence-electron chi connectivity index (χ0n) is 10.7. The molecule has 92 valence electrons. The summed E-state index contributed by atoms with van der Waals surface area (Å²) in [6, 6.07) is 2.63. The zero-order chi connectivity index (χ0) is 11.8. The molecule has 0 bridgehead atoms. The molecule has 1 rings (SSSR count). The molecule has 4 nitrogen and oxygen atoms in total. The van der Waals surface area contributed by atoms with Gasteiger partial charge in [0.15, 0.2) is 0 Å². The SMILES string of the molecule is CCC(C)N(C)CCNCCn1cccn1. The summed E-state index contributed by atoms with van der Waals surface area (Å²) in [6.07, 6.45) is 5.02. The molecule has 1 aromatic rings. The minimum absolute atomic E-state index is 0.674. The van der Waals surface area contributed by atoms with E-state index >= 15 is 0 Å². The van der Waals surface area contributed by atoms with E-state index in [1.807, 2.05) is 23.1 Å². The van der Waals surface area contributed by atoms with E-state index in [0.717, 1.165) is 26.2 Å². The first-order valence-electron chi connectivity index (χ1n) is 6.12. The Morgan fingerprint density at radius 3 is 2.88 bits per heavy atom. The Labute approximate surface area is 98.6 Å². The maximum absolute atomic E-state index is 4.16. The lowest BCUT2D eigenvalue weighted by molar-refractivity contribution is 0.251. The monoisotopic (exact) mass is 224 g/mol. The molecule has 0 aliphatic carbocycles. The lowest BCUT2D eigenvalue weighted by Gasteiger charge is -2.23. The van der Waals surface area contributed by atoms with Crippen molar-refractivity contribution in [3.05, 3.63) is 18.5 Å². The first-order valence-corrected chi connectivity index (χ1v) is 6.12. The molecule has 0 radical (unpaired) electrons. The van der Waals surface area contributed by atoms with Crippen molar-refractivity contribution in [3.63, 3.8) is 0 Å². The molecular weight excluding hydrogens is 200 g/mol. The number of hydrogen-bond acceptors (Lipinski definition) is 3. The van der Waals surface area contributed by atoms with Crippen LogP contribution in [0.1, 0.15) is 20.3 Å². The van der Waals surface area contributed by atoms with Gasteiger partial charge in [-0.2, -0.15) is 5.10 Å². The van der Waals surface area contributed by atoms with Crippen LogP contribution >= 0.6 is 0 Å². The number of nitrogens with zero attached hydrogens (tertiary/aromatic N) is 3. The van der Waals surface area contributed by atoms with Crippen LogP contribution < -0.4 is 5.32 Å². The molecule has 1 unspecified atom stereocenters. The summed E-state index contributed by atoms with van der Waals surface area (Å²) in [4.78, 5) is 2.39. The molecule has 4 heteroatoms. The lowest BCUT2D eigenvalue weighted by atomic mass is 10.2. The van der Waals surface area contributed by atoms with Gasteiger partial charge in [0.2, 0.25) is 0 Å². The predicted octanol–water partition coefficient (Wildman–Crippen LogP) is 1.20. The van der Waals surface area contributed by atoms with Crippen LogP contribution in [0.3, 0.4) is 0 Å². The fourth-order valence-electron chi connectivity index (χ4n) is 1.54. The van der Waals surface area contributed by atoms with Crippen LogP contribution in [0.15, 0.2) is 18.5 Å². The molecule has 1 aromatic heterocycles. The Bertz CT molecular complexity index is 258. The van der Waals surface area contributed by atoms with E-state index in [-0.39, 0.29) is 0 Å². The summed E-state index contributed by atoms with van der Waals surface area (Å²) in [5, 5.41) is 7.59. The molecule has 0 aromatic carbocycles. The fraction of sp³-hybridized carbons (Fsp3) is 0.750. The minimum atomic E-state index is 0.674. The van der Waals surface area contributed by atoms with Gasteiger partial charge in [-0.3, -0.25) is 4.68 Å². The molecule has 1 N–H and O–H groups in total. The second-order valence-corrected chi connectivity index (χ2v) is 4.26. The van der Waals surface area contributed by atoms with E-state index in [4.69, 9.17) is 0 Å². The highest BCUT2D eigenvalue weighted by atomic mass is 15.3. The van der Waals surface area contributed by atoms with Crippen molar-refractivity contribution in [3.8, 4) is 0 Å². The van der Waals surface area contributed by atoms with Crippen LogP contribution in [0.2, 0.25) is 0 Å². The quantitative estimate of drug-likeness (QED) is 0.674. The van der Waals surface area contributed by atoms with Crippen molar-refractivity contribution in [2.75, 3.05) is 26.7 Å². The normalized spacial score (nSPS) is 13.2. The van der Waals surface area contributed by atoms with Gasteiger partial charge in [-0.15, -0.1) is 0 Å². The third kappa shape index (κ3) is 4.77. The third-order valence-electron chi connectivity index (χ3n) is 3.06. The van der Waals surface area contributed by atoms with E-state index in [2.05, 4.69) is 36.2 Å². The van der Waals surface area contributed by atoms with Gasteiger partial charge < -0.3 is 10.2 Å². The van der Waals surface area contributed by atoms with Gasteiger partial charge in [0.1, 0.15) is 0 Å². The molecule has 0 saturated heterocycles. The molecular formula is C12H24N4. The van der Waals surface area contributed by atoms with E-state index in [0.29, 0.717) is 6.04 Å². The minimum Gasteiger partial charge on any atom is -0.314 e. The van der Waals surface area contributed by atoms with Crippen molar-refractivity contribution in [2.24, 2.45) is 0 Å². The maximum Gasteiger partial charge on any atom is 0.0533 e. The summed E-state index contributed by atoms with van der Waals surface area (Å²) in [6.45, 7) is 8.57. The zero-order valence-corrected chi connectivity index (χ0v) is 10.7. The molecule has 1 heterocycles. The predicted molar refractivity (Wildman–Crippen MR) is 67.5 cm³/mol. The topological polar surface area (TPSA) is 33.1 Å². The molecule has 0 aliphatic heterocycles. The van der Waals surface area contributed by atoms with Gasteiger partial charge in [-0.25, -0.2) is 0 Å². The standard InChI is InChI=1S/C12H24N4/c1-4-12(2)15(3)10-7-13-8-11-16-9-5-6-14-16/h5-6,9,12-13H,4,7-8,10-11H2,1-3H3. The molecule has 16 heavy (non-hydrogen) atoms. The summed E-state index contributed by atoms with van der Waals surface area (Å²) in [5.41, 5.74) is 0. The van der Waals surface area contributed by atoms with Gasteiger partial charge >= 0.3 is 0 Å². The Hall–Kier alpha value is -0.870. The van der Waals surface area contributed by atoms with Gasteiger partial charge in [-0.1, -0.05) is 6.92 Å². The summed E-state index contributed by atoms with van der Waals surface area (Å²) >= 11 is 0. The average molecular weight is 224 g/mol. The highest BCUT2D eigenvalue weighted by Crippen LogP contribution is 1.97. The Morgan fingerprint density at radius 1 is 1.44 bits per heavy atom. The largest absolute Gasteiger partial charge is 0.314 e. The number of aromatic nitrogens is 2. The molecule has 0 fully saturated rings. The average Bonchev–Trinajstić information content (AvgIpc) is 2.80. The first-order chi connectivity index (χ1) is 7.74. The smallest absolute Gasteiger partial charge is 0.0533 e. The lowest BCUT2D eigenvalue weighted by Crippen LogP contribution is -2.35. The van der Waals surface area contributed by atoms with Crippen molar-refractivity contribution in [1.82, 2.24) is 20.0 Å². The van der Waals surface area contributed by atoms with Gasteiger partial charge in [0, 0.05) is 38.1 Å². The Morgan fingerprint density at radius 2 is 2.25 bits per heavy atom. The maximum atomic E-state index is 4.16. The van der Waals surface area contributed by atoms with Crippen LogP contribution in [-0.4, -0.2) is 47.4 Å². The highest BCUT2D eigenvalue weighted by Gasteiger charge is 2.04. The van der Waals surface area contributed by atoms with Crippen LogP contribution in [0.5, 0.6) is 0 Å². The van der Waals surface area contributed by atoms with Gasteiger partial charge in [0.05, 0.1) is 6.54 Å². The molecule has 0 aliphatic rings. The van der Waals surface area contributed by atoms with Crippen molar-refractivity contribution in [1.29, 1.82) is 0 Å². The van der Waals surface area contributed by atoms with Crippen LogP contribution in [0.25, 0.3) is 0 Å². The van der Waals surface area contributed by atoms with Gasteiger partial charge in [0.25, 0.3) is 0 Å². The van der Waals surface area contributed by atoms with Crippen molar-refractivity contribution < 1.29 is 0 Å². The molecule has 1 atom stereocenters. The van der Waals surface area contributed by atoms with Gasteiger partial charge in [-0.05, 0) is 26.5 Å². The third-order valence-corrected chi connectivity index (χ3v) is 3.06. The highest BCUT2D eigenvalue weighted by molar-refractivity contribution is 4.77. The number of likely N-dealkylation sites (N-methyl/N-ethyl adjacent to an activating group) is 1. The first kappa shape index (κ1) is 13.2. The summed E-state index contributed by atoms with van der Waals surface area (Å²) < 4.78 is 1.95. The van der Waals surface area contributed by atoms with Crippen LogP contribution in [0, 0.1) is 0 Å². The number of hydrogen-bond donors (Lipinski definition) is 1. The number of rotatable bonds is 8. The Kier molecular flexibility index (Phi) is 6.11. The van der Waals surface area contributed by atoms with Crippen LogP contribution in [0.4, 0.5) is 0 Å². The van der Waals surface area contributed by atoms with E-state index in [9.17, 15) is 0 Å². The second-order valence-electron chi connectivity index (χ2n) is 4.26. The number of nitrogens with one attached hydrogen (secondary N) is 1. The van der Waals surface area contributed by atoms with E-state index in [1.54, 1.807) is 0 Å². The molecule has 0 saturated carbocycles. The second kappa shape index (κ2) is 7.41. The van der Waals surface area contributed by atoms with Crippen molar-refractivity contribution in [2.45, 2.75) is 32.9 Å². The van der Waals surface area contributed by atoms with Crippen LogP contribution in [-0.2, 0) is 6.54 Å². The van der Waals surface area contributed by atoms with E-state index < -0.39 is 0 Å². The summed E-state index contributed by atoms with van der Waals surface area (Å²) in [5.74, 6) is 0. The summed E-state index contributed by atoms with van der Waals surface area (Å²) in [7, 11) is 2.18.